The third kappa shape index (κ3) is 1.49. The van der Waals surface area contributed by atoms with E-state index in [0.29, 0.717) is 11.5 Å². The lowest BCUT2D eigenvalue weighted by atomic mass is 9.95. The zero-order valence-corrected chi connectivity index (χ0v) is 9.29. The van der Waals surface area contributed by atoms with Gasteiger partial charge in [-0.05, 0) is 18.8 Å². The van der Waals surface area contributed by atoms with E-state index in [1.54, 1.807) is 0 Å². The van der Waals surface area contributed by atoms with E-state index < -0.39 is 0 Å². The monoisotopic (exact) mass is 195 g/mol. The molecule has 1 spiro atoms. The molecule has 14 heavy (non-hydrogen) atoms. The zero-order valence-electron chi connectivity index (χ0n) is 9.29. The predicted molar refractivity (Wildman–Crippen MR) is 59.2 cm³/mol. The van der Waals surface area contributed by atoms with Crippen LogP contribution >= 0.6 is 0 Å². The molecule has 1 heterocycles. The highest BCUT2D eigenvalue weighted by Crippen LogP contribution is 2.38. The first-order valence-corrected chi connectivity index (χ1v) is 5.72. The number of hydrogen-bond acceptors (Lipinski definition) is 3. The van der Waals surface area contributed by atoms with Gasteiger partial charge in [0.05, 0.1) is 12.1 Å². The minimum absolute atomic E-state index is 0.314. The molecule has 2 N–H and O–H groups in total. The summed E-state index contributed by atoms with van der Waals surface area (Å²) in [6, 6.07) is 0. The van der Waals surface area contributed by atoms with Gasteiger partial charge in [-0.25, -0.2) is 0 Å². The predicted octanol–water partition coefficient (Wildman–Crippen LogP) is 1.59. The van der Waals surface area contributed by atoms with Gasteiger partial charge in [-0.3, -0.25) is 4.99 Å². The molecule has 2 rings (SSSR count). The molecule has 0 atom stereocenters. The Labute approximate surface area is 86.4 Å². The molecule has 0 saturated heterocycles. The Kier molecular flexibility index (Phi) is 2.41. The molecule has 1 aliphatic heterocycles. The third-order valence-electron chi connectivity index (χ3n) is 3.47. The molecule has 3 heteroatoms. The second kappa shape index (κ2) is 3.44. The third-order valence-corrected chi connectivity index (χ3v) is 3.47. The summed E-state index contributed by atoms with van der Waals surface area (Å²) < 4.78 is 0. The normalized spacial score (nSPS) is 25.1. The maximum atomic E-state index is 5.96. The van der Waals surface area contributed by atoms with Crippen LogP contribution in [0.15, 0.2) is 4.99 Å². The lowest BCUT2D eigenvalue weighted by Gasteiger charge is -2.37. The van der Waals surface area contributed by atoms with Crippen molar-refractivity contribution in [3.8, 4) is 0 Å². The van der Waals surface area contributed by atoms with Crippen molar-refractivity contribution in [3.63, 3.8) is 0 Å². The lowest BCUT2D eigenvalue weighted by Crippen LogP contribution is -2.51. The quantitative estimate of drug-likeness (QED) is 0.727. The van der Waals surface area contributed by atoms with Gasteiger partial charge < -0.3 is 10.6 Å². The highest BCUT2D eigenvalue weighted by atomic mass is 15.4. The van der Waals surface area contributed by atoms with Crippen LogP contribution in [0.5, 0.6) is 0 Å². The fraction of sp³-hybridized carbons (Fsp3) is 0.909. The van der Waals surface area contributed by atoms with Crippen LogP contribution in [0, 0.1) is 5.92 Å². The van der Waals surface area contributed by atoms with Crippen molar-refractivity contribution >= 4 is 5.96 Å². The van der Waals surface area contributed by atoms with E-state index in [4.69, 9.17) is 5.73 Å². The molecule has 0 amide bonds. The number of hydrogen-bond donors (Lipinski definition) is 1. The lowest BCUT2D eigenvalue weighted by molar-refractivity contribution is 0.188. The Hall–Kier alpha value is -0.730. The van der Waals surface area contributed by atoms with E-state index in [1.165, 1.54) is 25.7 Å². The van der Waals surface area contributed by atoms with Gasteiger partial charge in [-0.1, -0.05) is 26.7 Å². The van der Waals surface area contributed by atoms with Crippen molar-refractivity contribution in [2.45, 2.75) is 45.1 Å². The second-order valence-electron chi connectivity index (χ2n) is 5.11. The standard InChI is InChI=1S/C11H21N3/c1-9(2)7-14-10(12)13-8-11(14)5-3-4-6-11/h9H,3-8H2,1-2H3,(H2,12,13). The van der Waals surface area contributed by atoms with Crippen molar-refractivity contribution in [1.29, 1.82) is 0 Å². The zero-order chi connectivity index (χ0) is 10.2. The topological polar surface area (TPSA) is 41.6 Å². The van der Waals surface area contributed by atoms with Gasteiger partial charge in [0, 0.05) is 6.54 Å². The highest BCUT2D eigenvalue weighted by molar-refractivity contribution is 5.81. The van der Waals surface area contributed by atoms with Crippen molar-refractivity contribution in [1.82, 2.24) is 4.90 Å². The van der Waals surface area contributed by atoms with Crippen LogP contribution in [0.2, 0.25) is 0 Å². The van der Waals surface area contributed by atoms with Gasteiger partial charge in [0.1, 0.15) is 0 Å². The molecule has 1 fully saturated rings. The maximum Gasteiger partial charge on any atom is 0.191 e. The number of guanidine groups is 1. The molecular weight excluding hydrogens is 174 g/mol. The van der Waals surface area contributed by atoms with Crippen molar-refractivity contribution < 1.29 is 0 Å². The summed E-state index contributed by atoms with van der Waals surface area (Å²) in [6.07, 6.45) is 5.25. The van der Waals surface area contributed by atoms with E-state index in [9.17, 15) is 0 Å². The minimum atomic E-state index is 0.314. The number of nitrogens with zero attached hydrogens (tertiary/aromatic N) is 2. The fourth-order valence-corrected chi connectivity index (χ4v) is 2.76. The first-order chi connectivity index (χ1) is 6.64. The molecule has 1 aliphatic carbocycles. The van der Waals surface area contributed by atoms with Crippen LogP contribution in [-0.2, 0) is 0 Å². The van der Waals surface area contributed by atoms with Crippen molar-refractivity contribution in [3.05, 3.63) is 0 Å². The molecule has 0 aromatic carbocycles. The highest BCUT2D eigenvalue weighted by Gasteiger charge is 2.43. The van der Waals surface area contributed by atoms with Gasteiger partial charge >= 0.3 is 0 Å². The van der Waals surface area contributed by atoms with Crippen LogP contribution in [0.25, 0.3) is 0 Å². The number of rotatable bonds is 2. The smallest absolute Gasteiger partial charge is 0.191 e. The molecule has 0 bridgehead atoms. The molecule has 1 saturated carbocycles. The summed E-state index contributed by atoms with van der Waals surface area (Å²) in [5, 5.41) is 0. The maximum absolute atomic E-state index is 5.96. The second-order valence-corrected chi connectivity index (χ2v) is 5.11. The summed E-state index contributed by atoms with van der Waals surface area (Å²) in [5.74, 6) is 1.44. The van der Waals surface area contributed by atoms with Crippen LogP contribution in [0.3, 0.4) is 0 Å². The Morgan fingerprint density at radius 1 is 1.43 bits per heavy atom. The van der Waals surface area contributed by atoms with Crippen LogP contribution < -0.4 is 5.73 Å². The Bertz CT molecular complexity index is 239. The van der Waals surface area contributed by atoms with Gasteiger partial charge in [0.2, 0.25) is 0 Å². The first kappa shape index (κ1) is 9.81. The van der Waals surface area contributed by atoms with Crippen LogP contribution in [0.1, 0.15) is 39.5 Å². The molecule has 0 aromatic heterocycles. The Morgan fingerprint density at radius 3 is 2.64 bits per heavy atom. The molecule has 0 radical (unpaired) electrons. The van der Waals surface area contributed by atoms with E-state index in [1.807, 2.05) is 0 Å². The number of nitrogens with two attached hydrogens (primary N) is 1. The molecular formula is C11H21N3. The van der Waals surface area contributed by atoms with E-state index in [2.05, 4.69) is 23.7 Å². The molecule has 3 nitrogen and oxygen atoms in total. The van der Waals surface area contributed by atoms with Crippen LogP contribution in [0.4, 0.5) is 0 Å². The first-order valence-electron chi connectivity index (χ1n) is 5.72. The molecule has 0 aromatic rings. The van der Waals surface area contributed by atoms with Gasteiger partial charge in [-0.15, -0.1) is 0 Å². The summed E-state index contributed by atoms with van der Waals surface area (Å²) in [7, 11) is 0. The summed E-state index contributed by atoms with van der Waals surface area (Å²) in [4.78, 5) is 6.79. The van der Waals surface area contributed by atoms with E-state index in [0.717, 1.165) is 19.0 Å². The average Bonchev–Trinajstić information content (AvgIpc) is 2.69. The van der Waals surface area contributed by atoms with Gasteiger partial charge in [0.15, 0.2) is 5.96 Å². The largest absolute Gasteiger partial charge is 0.370 e. The summed E-state index contributed by atoms with van der Waals surface area (Å²) in [5.41, 5.74) is 6.27. The van der Waals surface area contributed by atoms with Crippen LogP contribution in [-0.4, -0.2) is 29.5 Å². The number of aliphatic imine (C=N–C) groups is 1. The molecule has 80 valence electrons. The summed E-state index contributed by atoms with van der Waals surface area (Å²) in [6.45, 7) is 6.49. The molecule has 0 unspecified atom stereocenters. The van der Waals surface area contributed by atoms with E-state index in [-0.39, 0.29) is 0 Å². The van der Waals surface area contributed by atoms with Gasteiger partial charge in [-0.2, -0.15) is 0 Å². The average molecular weight is 195 g/mol. The SMILES string of the molecule is CC(C)CN1C(N)=NCC12CCCC2. The van der Waals surface area contributed by atoms with Crippen molar-refractivity contribution in [2.24, 2.45) is 16.6 Å². The minimum Gasteiger partial charge on any atom is -0.370 e. The fourth-order valence-electron chi connectivity index (χ4n) is 2.76. The van der Waals surface area contributed by atoms with Gasteiger partial charge in [0.25, 0.3) is 0 Å². The van der Waals surface area contributed by atoms with E-state index >= 15 is 0 Å². The summed E-state index contributed by atoms with van der Waals surface area (Å²) >= 11 is 0. The van der Waals surface area contributed by atoms with Crippen molar-refractivity contribution in [2.75, 3.05) is 13.1 Å². The Morgan fingerprint density at radius 2 is 2.07 bits per heavy atom. The Balaban J connectivity index is 2.12. The molecule has 2 aliphatic rings.